The minimum Gasteiger partial charge on any atom is -0.476 e. The molecule has 0 bridgehead atoms. The molecule has 0 aliphatic carbocycles. The zero-order chi connectivity index (χ0) is 35.3. The van der Waals surface area contributed by atoms with Crippen LogP contribution >= 0.6 is 0 Å². The summed E-state index contributed by atoms with van der Waals surface area (Å²) in [7, 11) is -3.71. The first kappa shape index (κ1) is 32.6. The number of rotatable bonds is 8. The molecule has 0 aliphatic rings. The summed E-state index contributed by atoms with van der Waals surface area (Å²) in [5.41, 5.74) is 1.56. The molecule has 0 aliphatic heterocycles. The van der Waals surface area contributed by atoms with E-state index in [9.17, 15) is 28.2 Å². The van der Waals surface area contributed by atoms with Gasteiger partial charge in [-0.25, -0.2) is 32.8 Å². The summed E-state index contributed by atoms with van der Waals surface area (Å²) in [6.45, 7) is 0. The molecule has 0 atom stereocenters. The van der Waals surface area contributed by atoms with Crippen LogP contribution in [0.3, 0.4) is 0 Å². The third kappa shape index (κ3) is 7.46. The number of aromatic nitrogens is 7. The van der Waals surface area contributed by atoms with Crippen LogP contribution < -0.4 is 9.47 Å². The van der Waals surface area contributed by atoms with Crippen molar-refractivity contribution in [2.75, 3.05) is 6.26 Å². The van der Waals surface area contributed by atoms with E-state index in [1.807, 2.05) is 30.3 Å². The number of carboxylic acid groups (broad SMARTS) is 2. The fourth-order valence-electron chi connectivity index (χ4n) is 4.34. The van der Waals surface area contributed by atoms with E-state index in [1.165, 1.54) is 30.5 Å². The van der Waals surface area contributed by atoms with Crippen molar-refractivity contribution in [3.8, 4) is 52.8 Å². The van der Waals surface area contributed by atoms with Gasteiger partial charge in [-0.15, -0.1) is 0 Å². The minimum atomic E-state index is -3.71. The number of nitrogens with zero attached hydrogens (tertiary/aromatic N) is 6. The zero-order valence-electron chi connectivity index (χ0n) is 25.6. The Hall–Kier alpha value is -7.30. The molecule has 50 heavy (non-hydrogen) atoms. The molecule has 0 saturated heterocycles. The lowest BCUT2D eigenvalue weighted by molar-refractivity contribution is 0.0674. The quantitative estimate of drug-likeness (QED) is 0.194. The van der Waals surface area contributed by atoms with Crippen molar-refractivity contribution < 1.29 is 37.7 Å². The van der Waals surface area contributed by atoms with Crippen molar-refractivity contribution in [3.05, 3.63) is 125 Å². The van der Waals surface area contributed by atoms with Gasteiger partial charge in [0.1, 0.15) is 5.75 Å². The van der Waals surface area contributed by atoms with Crippen LogP contribution in [0, 0.1) is 23.7 Å². The van der Waals surface area contributed by atoms with E-state index in [1.54, 1.807) is 30.3 Å². The number of carbonyl (C=O) groups is 2. The van der Waals surface area contributed by atoms with E-state index < -0.39 is 27.5 Å². The van der Waals surface area contributed by atoms with Crippen LogP contribution in [0.5, 0.6) is 23.4 Å². The molecule has 246 valence electrons. The second-order valence-corrected chi connectivity index (χ2v) is 12.2. The lowest BCUT2D eigenvalue weighted by Gasteiger charge is -2.07. The number of hydrogen-bond acceptors (Lipinski definition) is 11. The van der Waals surface area contributed by atoms with Gasteiger partial charge in [0.2, 0.25) is 17.3 Å². The number of sulfone groups is 1. The van der Waals surface area contributed by atoms with Crippen LogP contribution in [0.25, 0.3) is 5.69 Å². The lowest BCUT2D eigenvalue weighted by Crippen LogP contribution is -2.09. The maximum absolute atomic E-state index is 12.4. The minimum absolute atomic E-state index is 0.0710. The highest BCUT2D eigenvalue weighted by Gasteiger charge is 2.24. The van der Waals surface area contributed by atoms with Crippen molar-refractivity contribution in [1.29, 1.82) is 0 Å². The van der Waals surface area contributed by atoms with Crippen LogP contribution in [-0.2, 0) is 9.84 Å². The summed E-state index contributed by atoms with van der Waals surface area (Å²) in [4.78, 5) is 27.7. The van der Waals surface area contributed by atoms with Crippen LogP contribution in [0.15, 0.2) is 96.0 Å². The van der Waals surface area contributed by atoms with Gasteiger partial charge in [0.15, 0.2) is 9.84 Å². The molecule has 0 amide bonds. The molecular weight excluding hydrogens is 666 g/mol. The Bertz CT molecular complexity index is 2470. The second kappa shape index (κ2) is 13.8. The van der Waals surface area contributed by atoms with E-state index in [-0.39, 0.29) is 39.5 Å². The number of pyridine rings is 1. The third-order valence-corrected chi connectivity index (χ3v) is 7.81. The molecule has 0 saturated carbocycles. The van der Waals surface area contributed by atoms with E-state index in [2.05, 4.69) is 54.4 Å². The Morgan fingerprint density at radius 1 is 0.780 bits per heavy atom. The van der Waals surface area contributed by atoms with Gasteiger partial charge in [0, 0.05) is 40.8 Å². The van der Waals surface area contributed by atoms with Gasteiger partial charge < -0.3 is 19.7 Å². The number of H-pyrrole nitrogens is 1. The van der Waals surface area contributed by atoms with Gasteiger partial charge in [-0.1, -0.05) is 62.5 Å². The largest absolute Gasteiger partial charge is 0.476 e. The number of hydrogen-bond donors (Lipinski definition) is 3. The molecule has 6 rings (SSSR count). The normalized spacial score (nSPS) is 10.7. The van der Waals surface area contributed by atoms with Gasteiger partial charge in [-0.3, -0.25) is 0 Å². The lowest BCUT2D eigenvalue weighted by atomic mass is 10.1. The van der Waals surface area contributed by atoms with Crippen LogP contribution in [-0.4, -0.2) is 72.2 Å². The summed E-state index contributed by atoms with van der Waals surface area (Å²) in [6.07, 6.45) is 2.51. The fraction of sp³-hybridized carbons (Fsp3) is 0.0294. The highest BCUT2D eigenvalue weighted by atomic mass is 32.2. The summed E-state index contributed by atoms with van der Waals surface area (Å²) in [5.74, 6) is 8.54. The first-order valence-corrected chi connectivity index (χ1v) is 16.1. The summed E-state index contributed by atoms with van der Waals surface area (Å²) < 4.78 is 37.1. The topological polar surface area (TPSA) is 212 Å². The predicted octanol–water partition coefficient (Wildman–Crippen LogP) is 3.96. The third-order valence-electron chi connectivity index (χ3n) is 6.65. The van der Waals surface area contributed by atoms with Gasteiger partial charge >= 0.3 is 11.9 Å². The predicted molar refractivity (Wildman–Crippen MR) is 174 cm³/mol. The Morgan fingerprint density at radius 3 is 2.16 bits per heavy atom. The summed E-state index contributed by atoms with van der Waals surface area (Å²) in [6, 6.07) is 22.8. The van der Waals surface area contributed by atoms with Crippen LogP contribution in [0.2, 0.25) is 0 Å². The Morgan fingerprint density at radius 2 is 1.48 bits per heavy atom. The average Bonchev–Trinajstić information content (AvgIpc) is 3.75. The van der Waals surface area contributed by atoms with Gasteiger partial charge in [-0.05, 0) is 60.7 Å². The van der Waals surface area contributed by atoms with Gasteiger partial charge in [0.25, 0.3) is 11.8 Å². The molecule has 3 aromatic carbocycles. The molecule has 0 unspecified atom stereocenters. The molecule has 0 fully saturated rings. The smallest absolute Gasteiger partial charge is 0.360 e. The summed E-state index contributed by atoms with van der Waals surface area (Å²) in [5, 5.41) is 36.3. The number of nitrogens with one attached hydrogen (secondary N) is 1. The van der Waals surface area contributed by atoms with E-state index in [4.69, 9.17) is 9.47 Å². The standard InChI is InChI=1S/C34H21N7O8S/c1-50(46,47)27-17-16-26(48-31-29(33(42)43)36-39-37-31)19-24(27)13-9-22-10-14-25(15-11-22)41-30(34(44)45)32(38-40-41)49-28-18-12-23(20-35-28)8-7-21-5-3-2-4-6-21/h2-6,10-12,14-20H,1H3,(H,42,43)(H,44,45)(H,36,37,39). The van der Waals surface area contributed by atoms with Crippen molar-refractivity contribution in [1.82, 2.24) is 35.4 Å². The number of aromatic carboxylic acids is 2. The maximum atomic E-state index is 12.4. The van der Waals surface area contributed by atoms with Gasteiger partial charge in [-0.2, -0.15) is 0 Å². The number of aromatic amines is 1. The molecule has 6 aromatic rings. The van der Waals surface area contributed by atoms with Crippen LogP contribution in [0.4, 0.5) is 0 Å². The highest BCUT2D eigenvalue weighted by Crippen LogP contribution is 2.27. The SMILES string of the molecule is CS(=O)(=O)c1ccc(Oc2nn[nH]c2C(=O)O)cc1C#Cc1ccc(-n2nnc(Oc3ccc(C#Cc4ccccc4)cn3)c2C(=O)O)cc1. The Kier molecular flexibility index (Phi) is 9.02. The number of carboxylic acids is 2. The van der Waals surface area contributed by atoms with Gasteiger partial charge in [0.05, 0.1) is 10.6 Å². The molecule has 3 N–H and O–H groups in total. The Balaban J connectivity index is 1.22. The number of ether oxygens (including phenoxy) is 2. The molecule has 3 heterocycles. The van der Waals surface area contributed by atoms with Crippen molar-refractivity contribution >= 4 is 21.8 Å². The van der Waals surface area contributed by atoms with E-state index in [0.717, 1.165) is 16.5 Å². The maximum Gasteiger partial charge on any atom is 0.360 e. The van der Waals surface area contributed by atoms with Crippen LogP contribution in [0.1, 0.15) is 43.2 Å². The van der Waals surface area contributed by atoms with Crippen molar-refractivity contribution in [2.45, 2.75) is 4.90 Å². The van der Waals surface area contributed by atoms with Crippen molar-refractivity contribution in [3.63, 3.8) is 0 Å². The monoisotopic (exact) mass is 687 g/mol. The van der Waals surface area contributed by atoms with E-state index >= 15 is 0 Å². The second-order valence-electron chi connectivity index (χ2n) is 10.2. The average molecular weight is 688 g/mol. The molecule has 0 spiro atoms. The molecule has 3 aromatic heterocycles. The molecular formula is C34H21N7O8S. The van der Waals surface area contributed by atoms with Crippen molar-refractivity contribution in [2.24, 2.45) is 0 Å². The van der Waals surface area contributed by atoms with E-state index in [0.29, 0.717) is 16.8 Å². The molecule has 15 nitrogen and oxygen atoms in total. The Labute approximate surface area is 283 Å². The zero-order valence-corrected chi connectivity index (χ0v) is 26.4. The first-order valence-electron chi connectivity index (χ1n) is 14.2. The molecule has 0 radical (unpaired) electrons. The first-order chi connectivity index (χ1) is 24.0. The highest BCUT2D eigenvalue weighted by molar-refractivity contribution is 7.90. The fourth-order valence-corrected chi connectivity index (χ4v) is 5.16. The summed E-state index contributed by atoms with van der Waals surface area (Å²) >= 11 is 0. The number of benzene rings is 3. The molecule has 16 heteroatoms.